The second kappa shape index (κ2) is 6.35. The summed E-state index contributed by atoms with van der Waals surface area (Å²) in [5.74, 6) is 1.34. The maximum absolute atomic E-state index is 5.13. The van der Waals surface area contributed by atoms with Crippen molar-refractivity contribution in [3.05, 3.63) is 23.9 Å². The van der Waals surface area contributed by atoms with Crippen LogP contribution in [0.5, 0.6) is 5.88 Å². The van der Waals surface area contributed by atoms with Gasteiger partial charge in [0.25, 0.3) is 0 Å². The first-order valence-electron chi connectivity index (χ1n) is 7.05. The highest BCUT2D eigenvalue weighted by Crippen LogP contribution is 2.35. The van der Waals surface area contributed by atoms with Crippen molar-refractivity contribution in [2.24, 2.45) is 5.92 Å². The zero-order chi connectivity index (χ0) is 13.8. The van der Waals surface area contributed by atoms with Gasteiger partial charge in [-0.05, 0) is 31.5 Å². The van der Waals surface area contributed by atoms with Crippen molar-refractivity contribution in [3.8, 4) is 5.88 Å². The highest BCUT2D eigenvalue weighted by Gasteiger charge is 2.32. The van der Waals surface area contributed by atoms with Crippen LogP contribution in [0.15, 0.2) is 18.3 Å². The minimum atomic E-state index is 0.463. The Balaban J connectivity index is 2.09. The largest absolute Gasteiger partial charge is 0.481 e. The van der Waals surface area contributed by atoms with E-state index in [4.69, 9.17) is 4.74 Å². The molecule has 19 heavy (non-hydrogen) atoms. The monoisotopic (exact) mass is 263 g/mol. The first kappa shape index (κ1) is 14.3. The molecule has 0 spiro atoms. The fourth-order valence-electron chi connectivity index (χ4n) is 2.84. The molecule has 1 aliphatic rings. The van der Waals surface area contributed by atoms with Crippen molar-refractivity contribution >= 4 is 0 Å². The topological polar surface area (TPSA) is 37.4 Å². The SMILES string of the molecule is COc1ccc(C2C(CNC(C)C)CCN2C)cn1. The third-order valence-corrected chi connectivity index (χ3v) is 3.87. The van der Waals surface area contributed by atoms with Crippen molar-refractivity contribution in [1.29, 1.82) is 0 Å². The molecule has 0 aromatic carbocycles. The normalized spacial score (nSPS) is 24.1. The molecule has 1 aliphatic heterocycles. The maximum Gasteiger partial charge on any atom is 0.212 e. The van der Waals surface area contributed by atoms with E-state index in [9.17, 15) is 0 Å². The number of likely N-dealkylation sites (tertiary alicyclic amines) is 1. The van der Waals surface area contributed by atoms with Crippen molar-refractivity contribution in [2.75, 3.05) is 27.2 Å². The van der Waals surface area contributed by atoms with Gasteiger partial charge in [-0.2, -0.15) is 0 Å². The molecule has 0 aliphatic carbocycles. The summed E-state index contributed by atoms with van der Waals surface area (Å²) in [5.41, 5.74) is 1.29. The van der Waals surface area contributed by atoms with Gasteiger partial charge >= 0.3 is 0 Å². The van der Waals surface area contributed by atoms with Crippen LogP contribution in [0.4, 0.5) is 0 Å². The van der Waals surface area contributed by atoms with E-state index < -0.39 is 0 Å². The van der Waals surface area contributed by atoms with Gasteiger partial charge in [0.2, 0.25) is 5.88 Å². The van der Waals surface area contributed by atoms with Crippen molar-refractivity contribution in [1.82, 2.24) is 15.2 Å². The molecule has 1 saturated heterocycles. The lowest BCUT2D eigenvalue weighted by molar-refractivity contribution is 0.268. The van der Waals surface area contributed by atoms with E-state index in [0.29, 0.717) is 23.9 Å². The number of nitrogens with one attached hydrogen (secondary N) is 1. The number of aromatic nitrogens is 1. The molecular formula is C15H25N3O. The molecule has 106 valence electrons. The molecule has 2 atom stereocenters. The molecule has 1 fully saturated rings. The highest BCUT2D eigenvalue weighted by molar-refractivity contribution is 5.22. The number of rotatable bonds is 5. The second-order valence-corrected chi connectivity index (χ2v) is 5.67. The molecule has 0 bridgehead atoms. The van der Waals surface area contributed by atoms with E-state index in [-0.39, 0.29) is 0 Å². The van der Waals surface area contributed by atoms with Crippen LogP contribution in [0, 0.1) is 5.92 Å². The van der Waals surface area contributed by atoms with E-state index in [1.54, 1.807) is 7.11 Å². The number of hydrogen-bond donors (Lipinski definition) is 1. The molecule has 0 radical (unpaired) electrons. The maximum atomic E-state index is 5.13. The predicted octanol–water partition coefficient (Wildman–Crippen LogP) is 2.08. The molecule has 2 unspecified atom stereocenters. The fraction of sp³-hybridized carbons (Fsp3) is 0.667. The van der Waals surface area contributed by atoms with Gasteiger partial charge in [0.1, 0.15) is 0 Å². The number of methoxy groups -OCH3 is 1. The van der Waals surface area contributed by atoms with Gasteiger partial charge in [-0.25, -0.2) is 4.98 Å². The lowest BCUT2D eigenvalue weighted by Crippen LogP contribution is -2.32. The Morgan fingerprint density at radius 1 is 1.47 bits per heavy atom. The Labute approximate surface area is 116 Å². The smallest absolute Gasteiger partial charge is 0.212 e. The van der Waals surface area contributed by atoms with Crippen LogP contribution < -0.4 is 10.1 Å². The van der Waals surface area contributed by atoms with Gasteiger partial charge in [-0.3, -0.25) is 4.90 Å². The fourth-order valence-corrected chi connectivity index (χ4v) is 2.84. The molecule has 0 amide bonds. The summed E-state index contributed by atoms with van der Waals surface area (Å²) in [7, 11) is 3.85. The molecule has 4 heteroatoms. The standard InChI is InChI=1S/C15H25N3O/c1-11(2)16-9-13-7-8-18(3)15(13)12-5-6-14(19-4)17-10-12/h5-6,10-11,13,15-16H,7-9H2,1-4H3. The lowest BCUT2D eigenvalue weighted by atomic mass is 9.94. The quantitative estimate of drug-likeness (QED) is 0.882. The minimum Gasteiger partial charge on any atom is -0.481 e. The number of nitrogens with zero attached hydrogens (tertiary/aromatic N) is 2. The van der Waals surface area contributed by atoms with Crippen LogP contribution in [-0.2, 0) is 0 Å². The van der Waals surface area contributed by atoms with Crippen LogP contribution in [0.25, 0.3) is 0 Å². The number of ether oxygens (including phenoxy) is 1. The van der Waals surface area contributed by atoms with E-state index in [1.807, 2.05) is 12.3 Å². The van der Waals surface area contributed by atoms with E-state index in [2.05, 4.69) is 42.2 Å². The van der Waals surface area contributed by atoms with Gasteiger partial charge in [0.05, 0.1) is 7.11 Å². The molecule has 4 nitrogen and oxygen atoms in total. The van der Waals surface area contributed by atoms with E-state index in [1.165, 1.54) is 12.0 Å². The zero-order valence-electron chi connectivity index (χ0n) is 12.4. The summed E-state index contributed by atoms with van der Waals surface area (Å²) in [5, 5.41) is 3.56. The summed E-state index contributed by atoms with van der Waals surface area (Å²) >= 11 is 0. The van der Waals surface area contributed by atoms with Gasteiger partial charge in [-0.15, -0.1) is 0 Å². The molecule has 1 aromatic rings. The van der Waals surface area contributed by atoms with Crippen LogP contribution in [-0.4, -0.2) is 43.2 Å². The van der Waals surface area contributed by atoms with Crippen LogP contribution in [0.1, 0.15) is 31.9 Å². The summed E-state index contributed by atoms with van der Waals surface area (Å²) < 4.78 is 5.13. The molecule has 2 rings (SSSR count). The third kappa shape index (κ3) is 3.45. The van der Waals surface area contributed by atoms with Crippen molar-refractivity contribution in [2.45, 2.75) is 32.4 Å². The first-order chi connectivity index (χ1) is 9.11. The van der Waals surface area contributed by atoms with Crippen LogP contribution in [0.2, 0.25) is 0 Å². The Bertz CT molecular complexity index is 391. The predicted molar refractivity (Wildman–Crippen MR) is 77.4 cm³/mol. The van der Waals surface area contributed by atoms with Crippen LogP contribution >= 0.6 is 0 Å². The third-order valence-electron chi connectivity index (χ3n) is 3.87. The van der Waals surface area contributed by atoms with E-state index >= 15 is 0 Å². The summed E-state index contributed by atoms with van der Waals surface area (Å²) in [6.07, 6.45) is 3.20. The van der Waals surface area contributed by atoms with Gasteiger partial charge in [0, 0.05) is 30.9 Å². The average molecular weight is 263 g/mol. The minimum absolute atomic E-state index is 0.463. The Morgan fingerprint density at radius 2 is 2.26 bits per heavy atom. The first-order valence-corrected chi connectivity index (χ1v) is 7.05. The Morgan fingerprint density at radius 3 is 2.84 bits per heavy atom. The Kier molecular flexibility index (Phi) is 4.77. The molecule has 0 saturated carbocycles. The number of hydrogen-bond acceptors (Lipinski definition) is 4. The second-order valence-electron chi connectivity index (χ2n) is 5.67. The average Bonchev–Trinajstić information content (AvgIpc) is 2.78. The highest BCUT2D eigenvalue weighted by atomic mass is 16.5. The Hall–Kier alpha value is -1.13. The van der Waals surface area contributed by atoms with E-state index in [0.717, 1.165) is 13.1 Å². The summed E-state index contributed by atoms with van der Waals surface area (Å²) in [6, 6.07) is 5.10. The lowest BCUT2D eigenvalue weighted by Gasteiger charge is -2.26. The number of pyridine rings is 1. The van der Waals surface area contributed by atoms with Crippen molar-refractivity contribution in [3.63, 3.8) is 0 Å². The van der Waals surface area contributed by atoms with Crippen molar-refractivity contribution < 1.29 is 4.74 Å². The molecular weight excluding hydrogens is 238 g/mol. The molecule has 2 heterocycles. The van der Waals surface area contributed by atoms with Crippen LogP contribution in [0.3, 0.4) is 0 Å². The summed E-state index contributed by atoms with van der Waals surface area (Å²) in [4.78, 5) is 6.76. The van der Waals surface area contributed by atoms with Gasteiger partial charge in [0.15, 0.2) is 0 Å². The summed E-state index contributed by atoms with van der Waals surface area (Å²) in [6.45, 7) is 6.62. The molecule has 1 N–H and O–H groups in total. The zero-order valence-corrected chi connectivity index (χ0v) is 12.4. The van der Waals surface area contributed by atoms with Gasteiger partial charge in [-0.1, -0.05) is 19.9 Å². The van der Waals surface area contributed by atoms with Gasteiger partial charge < -0.3 is 10.1 Å². The molecule has 1 aromatic heterocycles.